The number of primary amides is 1. The van der Waals surface area contributed by atoms with Crippen molar-refractivity contribution < 1.29 is 13.7 Å². The number of nitrogens with one attached hydrogen (secondary N) is 3. The molecule has 3 aromatic rings. The van der Waals surface area contributed by atoms with Crippen molar-refractivity contribution >= 4 is 34.2 Å². The fourth-order valence-corrected chi connectivity index (χ4v) is 3.33. The van der Waals surface area contributed by atoms with Crippen LogP contribution in [0.4, 0.5) is 17.3 Å². The second-order valence-electron chi connectivity index (χ2n) is 7.18. The third-order valence-electron chi connectivity index (χ3n) is 4.25. The summed E-state index contributed by atoms with van der Waals surface area (Å²) >= 11 is 0. The van der Waals surface area contributed by atoms with Crippen LogP contribution in [0.25, 0.3) is 11.3 Å². The number of benzene rings is 1. The second kappa shape index (κ2) is 10.1. The van der Waals surface area contributed by atoms with Gasteiger partial charge in [0.05, 0.1) is 18.0 Å². The summed E-state index contributed by atoms with van der Waals surface area (Å²) in [5, 5.41) is 10.1. The summed E-state index contributed by atoms with van der Waals surface area (Å²) in [7, 11) is -1.23. The lowest BCUT2D eigenvalue weighted by Gasteiger charge is -2.15. The van der Waals surface area contributed by atoms with Gasteiger partial charge in [0, 0.05) is 17.5 Å². The number of carbonyl (C=O) groups excluding carboxylic acids is 1. The third-order valence-corrected chi connectivity index (χ3v) is 5.22. The lowest BCUT2D eigenvalue weighted by molar-refractivity contribution is 0.100. The number of rotatable bonds is 10. The molecule has 31 heavy (non-hydrogen) atoms. The number of amides is 1. The van der Waals surface area contributed by atoms with Crippen LogP contribution >= 0.6 is 0 Å². The standard InChI is InChI=1S/C21H26N6O3S/c1-4-31(29)27-15-9-8-14(11-16(15)30-12-13(2)3)19-18(20(22)28)21(26-25-19)24-17-7-5-6-10-23-17/h5-11,13,27H,4,12H2,1-3H3,(H2,22,28)(H2,23,24,25,26). The number of H-pyrrole nitrogens is 1. The van der Waals surface area contributed by atoms with Gasteiger partial charge in [0.2, 0.25) is 0 Å². The van der Waals surface area contributed by atoms with E-state index in [9.17, 15) is 9.00 Å². The Morgan fingerprint density at radius 2 is 2.10 bits per heavy atom. The Morgan fingerprint density at radius 3 is 2.74 bits per heavy atom. The molecule has 1 amide bonds. The summed E-state index contributed by atoms with van der Waals surface area (Å²) in [6.07, 6.45) is 1.63. The molecule has 9 nitrogen and oxygen atoms in total. The Balaban J connectivity index is 2.00. The largest absolute Gasteiger partial charge is 0.491 e. The van der Waals surface area contributed by atoms with E-state index in [0.717, 1.165) is 0 Å². The minimum absolute atomic E-state index is 0.207. The number of ether oxygens (including phenoxy) is 1. The summed E-state index contributed by atoms with van der Waals surface area (Å²) in [5.74, 6) is 1.46. The van der Waals surface area contributed by atoms with Crippen molar-refractivity contribution in [1.82, 2.24) is 15.2 Å². The first-order valence-corrected chi connectivity index (χ1v) is 11.2. The van der Waals surface area contributed by atoms with Crippen LogP contribution in [-0.4, -0.2) is 37.7 Å². The summed E-state index contributed by atoms with van der Waals surface area (Å²) in [4.78, 5) is 16.4. The average Bonchev–Trinajstić information content (AvgIpc) is 3.17. The zero-order chi connectivity index (χ0) is 22.4. The van der Waals surface area contributed by atoms with Crippen LogP contribution in [0.15, 0.2) is 42.6 Å². The number of hydrogen-bond acceptors (Lipinski definition) is 6. The molecule has 1 aromatic carbocycles. The lowest BCUT2D eigenvalue weighted by Crippen LogP contribution is -2.14. The maximum atomic E-state index is 12.2. The topological polar surface area (TPSA) is 135 Å². The Labute approximate surface area is 183 Å². The molecule has 0 fully saturated rings. The number of nitrogens with two attached hydrogens (primary N) is 1. The Hall–Kier alpha value is -3.40. The molecular formula is C21H26N6O3S. The van der Waals surface area contributed by atoms with E-state index in [4.69, 9.17) is 10.5 Å². The summed E-state index contributed by atoms with van der Waals surface area (Å²) < 4.78 is 20.9. The molecule has 3 rings (SSSR count). The van der Waals surface area contributed by atoms with Crippen molar-refractivity contribution in [1.29, 1.82) is 0 Å². The van der Waals surface area contributed by atoms with Gasteiger partial charge in [-0.2, -0.15) is 5.10 Å². The molecular weight excluding hydrogens is 416 g/mol. The van der Waals surface area contributed by atoms with Crippen LogP contribution in [0.2, 0.25) is 0 Å². The molecule has 2 aromatic heterocycles. The Kier molecular flexibility index (Phi) is 7.24. The summed E-state index contributed by atoms with van der Waals surface area (Å²) in [6.45, 7) is 6.38. The maximum absolute atomic E-state index is 12.2. The van der Waals surface area contributed by atoms with Gasteiger partial charge < -0.3 is 20.5 Å². The van der Waals surface area contributed by atoms with E-state index in [0.29, 0.717) is 46.8 Å². The van der Waals surface area contributed by atoms with Crippen molar-refractivity contribution in [2.45, 2.75) is 20.8 Å². The molecule has 164 valence electrons. The normalized spacial score (nSPS) is 11.9. The molecule has 5 N–H and O–H groups in total. The van der Waals surface area contributed by atoms with Gasteiger partial charge in [-0.05, 0) is 30.2 Å². The molecule has 0 bridgehead atoms. The highest BCUT2D eigenvalue weighted by atomic mass is 32.2. The molecule has 0 radical (unpaired) electrons. The molecule has 0 aliphatic heterocycles. The smallest absolute Gasteiger partial charge is 0.254 e. The molecule has 1 unspecified atom stereocenters. The molecule has 1 atom stereocenters. The molecule has 0 saturated heterocycles. The Morgan fingerprint density at radius 1 is 1.29 bits per heavy atom. The molecule has 0 aliphatic rings. The van der Waals surface area contributed by atoms with Gasteiger partial charge in [-0.25, -0.2) is 9.19 Å². The molecule has 0 spiro atoms. The van der Waals surface area contributed by atoms with Crippen LogP contribution in [0, 0.1) is 5.92 Å². The lowest BCUT2D eigenvalue weighted by atomic mass is 10.1. The van der Waals surface area contributed by atoms with Crippen molar-refractivity contribution in [2.24, 2.45) is 11.7 Å². The van der Waals surface area contributed by atoms with Crippen molar-refractivity contribution in [3.63, 3.8) is 0 Å². The molecule has 0 saturated carbocycles. The Bertz CT molecular complexity index is 1070. The second-order valence-corrected chi connectivity index (χ2v) is 8.65. The quantitative estimate of drug-likeness (QED) is 0.380. The van der Waals surface area contributed by atoms with Crippen LogP contribution in [-0.2, 0) is 11.0 Å². The van der Waals surface area contributed by atoms with E-state index in [2.05, 4.69) is 25.2 Å². The van der Waals surface area contributed by atoms with Gasteiger partial charge in [0.15, 0.2) is 5.82 Å². The van der Waals surface area contributed by atoms with E-state index in [-0.39, 0.29) is 11.4 Å². The minimum atomic E-state index is -1.23. The van der Waals surface area contributed by atoms with Gasteiger partial charge in [0.1, 0.15) is 28.1 Å². The number of nitrogens with zero attached hydrogens (tertiary/aromatic N) is 2. The zero-order valence-corrected chi connectivity index (χ0v) is 18.5. The molecule has 0 aliphatic carbocycles. The van der Waals surface area contributed by atoms with Gasteiger partial charge in [-0.1, -0.05) is 32.9 Å². The third kappa shape index (κ3) is 5.60. The number of aromatic amines is 1. The highest BCUT2D eigenvalue weighted by molar-refractivity contribution is 7.86. The monoisotopic (exact) mass is 442 g/mol. The van der Waals surface area contributed by atoms with Gasteiger partial charge in [-0.15, -0.1) is 0 Å². The first-order chi connectivity index (χ1) is 14.9. The van der Waals surface area contributed by atoms with E-state index in [1.165, 1.54) is 0 Å². The van der Waals surface area contributed by atoms with Crippen molar-refractivity contribution in [3.8, 4) is 17.0 Å². The van der Waals surface area contributed by atoms with Crippen LogP contribution in [0.5, 0.6) is 5.75 Å². The predicted octanol–water partition coefficient (Wildman–Crippen LogP) is 3.44. The number of anilines is 3. The number of hydrogen-bond donors (Lipinski definition) is 4. The number of aromatic nitrogens is 3. The fraction of sp³-hybridized carbons (Fsp3) is 0.286. The maximum Gasteiger partial charge on any atom is 0.254 e. The average molecular weight is 443 g/mol. The zero-order valence-electron chi connectivity index (χ0n) is 17.6. The van der Waals surface area contributed by atoms with Crippen LogP contribution < -0.4 is 20.5 Å². The van der Waals surface area contributed by atoms with Crippen molar-refractivity contribution in [2.75, 3.05) is 22.4 Å². The van der Waals surface area contributed by atoms with Gasteiger partial charge in [0.25, 0.3) is 5.91 Å². The first kappa shape index (κ1) is 22.3. The highest BCUT2D eigenvalue weighted by Gasteiger charge is 2.21. The number of pyridine rings is 1. The van der Waals surface area contributed by atoms with Crippen LogP contribution in [0.3, 0.4) is 0 Å². The van der Waals surface area contributed by atoms with E-state index >= 15 is 0 Å². The first-order valence-electron chi connectivity index (χ1n) is 9.87. The minimum Gasteiger partial charge on any atom is -0.491 e. The highest BCUT2D eigenvalue weighted by Crippen LogP contribution is 2.34. The SMILES string of the molecule is CCS(=O)Nc1ccc(-c2[nH]nc(Nc3ccccn3)c2C(N)=O)cc1OCC(C)C. The van der Waals surface area contributed by atoms with Gasteiger partial charge in [-0.3, -0.25) is 9.89 Å². The summed E-state index contributed by atoms with van der Waals surface area (Å²) in [5.41, 5.74) is 7.57. The molecule has 10 heteroatoms. The van der Waals surface area contributed by atoms with Gasteiger partial charge >= 0.3 is 0 Å². The predicted molar refractivity (Wildman–Crippen MR) is 123 cm³/mol. The molecule has 2 heterocycles. The number of carbonyl (C=O) groups is 1. The van der Waals surface area contributed by atoms with E-state index in [1.807, 2.05) is 26.8 Å². The van der Waals surface area contributed by atoms with Crippen molar-refractivity contribution in [3.05, 3.63) is 48.2 Å². The van der Waals surface area contributed by atoms with Crippen LogP contribution in [0.1, 0.15) is 31.1 Å². The summed E-state index contributed by atoms with van der Waals surface area (Å²) in [6, 6.07) is 10.7. The van der Waals surface area contributed by atoms with E-state index < -0.39 is 16.9 Å². The fourth-order valence-electron chi connectivity index (χ4n) is 2.77. The van der Waals surface area contributed by atoms with E-state index in [1.54, 1.807) is 36.5 Å².